The lowest BCUT2D eigenvalue weighted by molar-refractivity contribution is 0.0847. The van der Waals surface area contributed by atoms with Crippen LogP contribution >= 0.6 is 0 Å². The molecule has 2 aromatic carbocycles. The second-order valence-electron chi connectivity index (χ2n) is 6.02. The van der Waals surface area contributed by atoms with Gasteiger partial charge in [-0.25, -0.2) is 8.78 Å². The normalized spacial score (nSPS) is 13.4. The minimum Gasteiger partial charge on any atom is -0.497 e. The van der Waals surface area contributed by atoms with E-state index in [0.29, 0.717) is 11.4 Å². The summed E-state index contributed by atoms with van der Waals surface area (Å²) in [4.78, 5) is 15.4. The number of carbonyl (C=O) groups excluding carboxylic acids is 1. The first-order chi connectivity index (χ1) is 12.4. The summed E-state index contributed by atoms with van der Waals surface area (Å²) in [6.07, 6.45) is -1.18. The number of aromatic amines is 1. The molecule has 5 nitrogen and oxygen atoms in total. The lowest BCUT2D eigenvalue weighted by atomic mass is 10.0. The summed E-state index contributed by atoms with van der Waals surface area (Å²) in [6.45, 7) is 1.58. The number of hydrogen-bond donors (Lipinski definition) is 3. The molecule has 1 aromatic heterocycles. The molecule has 1 amide bonds. The smallest absolute Gasteiger partial charge is 0.268 e. The summed E-state index contributed by atoms with van der Waals surface area (Å²) in [5.41, 5.74) is 1.24. The fourth-order valence-electron chi connectivity index (χ4n) is 2.70. The van der Waals surface area contributed by atoms with E-state index in [-0.39, 0.29) is 5.56 Å². The van der Waals surface area contributed by atoms with Crippen molar-refractivity contribution in [2.24, 2.45) is 0 Å². The average molecular weight is 360 g/mol. The zero-order valence-electron chi connectivity index (χ0n) is 14.2. The summed E-state index contributed by atoms with van der Waals surface area (Å²) in [5.74, 6) is -1.81. The van der Waals surface area contributed by atoms with Gasteiger partial charge >= 0.3 is 0 Å². The molecule has 0 radical (unpaired) electrons. The van der Waals surface area contributed by atoms with E-state index in [9.17, 15) is 18.7 Å². The molecule has 3 N–H and O–H groups in total. The first kappa shape index (κ1) is 17.9. The van der Waals surface area contributed by atoms with Crippen LogP contribution in [0.4, 0.5) is 8.78 Å². The van der Waals surface area contributed by atoms with Crippen LogP contribution in [0.2, 0.25) is 0 Å². The van der Waals surface area contributed by atoms with E-state index in [1.807, 2.05) is 6.07 Å². The Balaban J connectivity index is 1.75. The van der Waals surface area contributed by atoms with Gasteiger partial charge in [0, 0.05) is 17.0 Å². The molecule has 0 spiro atoms. The highest BCUT2D eigenvalue weighted by Gasteiger charge is 2.21. The Morgan fingerprint density at radius 3 is 2.62 bits per heavy atom. The van der Waals surface area contributed by atoms with Gasteiger partial charge in [-0.05, 0) is 42.8 Å². The number of nitrogens with one attached hydrogen (secondary N) is 2. The summed E-state index contributed by atoms with van der Waals surface area (Å²) >= 11 is 0. The quantitative estimate of drug-likeness (QED) is 0.654. The molecule has 0 bridgehead atoms. The van der Waals surface area contributed by atoms with Crippen LogP contribution in [0, 0.1) is 11.6 Å². The molecule has 26 heavy (non-hydrogen) atoms. The Labute approximate surface area is 148 Å². The predicted molar refractivity (Wildman–Crippen MR) is 93.1 cm³/mol. The highest BCUT2D eigenvalue weighted by Crippen LogP contribution is 2.22. The molecule has 0 aliphatic rings. The number of fused-ring (bicyclic) bond motifs is 1. The fraction of sp³-hybridized carbons (Fsp3) is 0.211. The van der Waals surface area contributed by atoms with Crippen LogP contribution in [-0.2, 0) is 0 Å². The molecule has 0 aliphatic heterocycles. The van der Waals surface area contributed by atoms with Crippen LogP contribution in [0.15, 0.2) is 42.5 Å². The lowest BCUT2D eigenvalue weighted by Crippen LogP contribution is -2.37. The summed E-state index contributed by atoms with van der Waals surface area (Å²) < 4.78 is 31.5. The van der Waals surface area contributed by atoms with Crippen molar-refractivity contribution in [1.82, 2.24) is 10.3 Å². The van der Waals surface area contributed by atoms with Gasteiger partial charge in [-0.15, -0.1) is 0 Å². The van der Waals surface area contributed by atoms with Gasteiger partial charge in [0.25, 0.3) is 5.91 Å². The van der Waals surface area contributed by atoms with Gasteiger partial charge in [-0.2, -0.15) is 0 Å². The Bertz CT molecular complexity index is 955. The molecule has 0 saturated heterocycles. The number of H-pyrrole nitrogens is 1. The van der Waals surface area contributed by atoms with Crippen LogP contribution in [0.5, 0.6) is 5.75 Å². The van der Waals surface area contributed by atoms with Crippen molar-refractivity contribution < 1.29 is 23.4 Å². The van der Waals surface area contributed by atoms with Gasteiger partial charge in [-0.3, -0.25) is 4.79 Å². The molecular formula is C19H18F2N2O3. The van der Waals surface area contributed by atoms with Crippen molar-refractivity contribution in [2.45, 2.75) is 19.1 Å². The molecule has 136 valence electrons. The number of halogens is 2. The van der Waals surface area contributed by atoms with Crippen LogP contribution in [0.25, 0.3) is 10.9 Å². The topological polar surface area (TPSA) is 74.3 Å². The minimum absolute atomic E-state index is 0.179. The Hall–Kier alpha value is -2.93. The fourth-order valence-corrected chi connectivity index (χ4v) is 2.70. The second-order valence-corrected chi connectivity index (χ2v) is 6.02. The number of aliphatic hydroxyl groups is 1. The van der Waals surface area contributed by atoms with E-state index in [1.54, 1.807) is 32.2 Å². The predicted octanol–water partition coefficient (Wildman–Crippen LogP) is 3.31. The third-order valence-electron chi connectivity index (χ3n) is 4.19. The van der Waals surface area contributed by atoms with E-state index in [0.717, 1.165) is 23.0 Å². The Morgan fingerprint density at radius 1 is 1.15 bits per heavy atom. The van der Waals surface area contributed by atoms with Gasteiger partial charge in [0.05, 0.1) is 19.3 Å². The molecule has 2 atom stereocenters. The molecule has 3 aromatic rings. The van der Waals surface area contributed by atoms with Gasteiger partial charge in [0.2, 0.25) is 0 Å². The molecule has 0 aliphatic carbocycles. The molecule has 0 saturated carbocycles. The summed E-state index contributed by atoms with van der Waals surface area (Å²) in [5, 5.41) is 13.8. The average Bonchev–Trinajstić information content (AvgIpc) is 3.06. The van der Waals surface area contributed by atoms with Crippen LogP contribution in [0.3, 0.4) is 0 Å². The standard InChI is InChI=1S/C19H18F2N2O3/c1-10(18(24)12-4-6-14(20)15(21)7-12)22-19(25)17-8-11-3-5-13(26-2)9-16(11)23-17/h3-10,18,23-24H,1-2H3,(H,22,25). The van der Waals surface area contributed by atoms with E-state index in [4.69, 9.17) is 4.74 Å². The van der Waals surface area contributed by atoms with E-state index < -0.39 is 29.7 Å². The number of benzene rings is 2. The highest BCUT2D eigenvalue weighted by molar-refractivity contribution is 5.98. The maximum atomic E-state index is 13.3. The van der Waals surface area contributed by atoms with Gasteiger partial charge in [0.1, 0.15) is 11.4 Å². The highest BCUT2D eigenvalue weighted by atomic mass is 19.2. The monoisotopic (exact) mass is 360 g/mol. The Morgan fingerprint density at radius 2 is 1.92 bits per heavy atom. The number of ether oxygens (including phenoxy) is 1. The first-order valence-corrected chi connectivity index (χ1v) is 7.99. The van der Waals surface area contributed by atoms with Crippen molar-refractivity contribution in [3.05, 3.63) is 65.4 Å². The van der Waals surface area contributed by atoms with Gasteiger partial charge in [0.15, 0.2) is 11.6 Å². The van der Waals surface area contributed by atoms with Crippen LogP contribution in [0.1, 0.15) is 29.1 Å². The molecular weight excluding hydrogens is 342 g/mol. The largest absolute Gasteiger partial charge is 0.497 e. The number of amides is 1. The number of aromatic nitrogens is 1. The van der Waals surface area contributed by atoms with Crippen molar-refractivity contribution in [3.8, 4) is 5.75 Å². The van der Waals surface area contributed by atoms with E-state index in [1.165, 1.54) is 6.07 Å². The summed E-state index contributed by atoms with van der Waals surface area (Å²) in [6, 6.07) is 9.47. The van der Waals surface area contributed by atoms with Crippen molar-refractivity contribution in [1.29, 1.82) is 0 Å². The number of rotatable bonds is 5. The van der Waals surface area contributed by atoms with Crippen LogP contribution in [-0.4, -0.2) is 29.1 Å². The van der Waals surface area contributed by atoms with Crippen molar-refractivity contribution in [3.63, 3.8) is 0 Å². The zero-order valence-corrected chi connectivity index (χ0v) is 14.2. The van der Waals surface area contributed by atoms with Gasteiger partial charge < -0.3 is 20.1 Å². The maximum Gasteiger partial charge on any atom is 0.268 e. The van der Waals surface area contributed by atoms with Gasteiger partial charge in [-0.1, -0.05) is 6.07 Å². The lowest BCUT2D eigenvalue weighted by Gasteiger charge is -2.20. The second kappa shape index (κ2) is 7.13. The molecule has 2 unspecified atom stereocenters. The molecule has 3 rings (SSSR count). The number of methoxy groups -OCH3 is 1. The molecule has 7 heteroatoms. The van der Waals surface area contributed by atoms with Crippen LogP contribution < -0.4 is 10.1 Å². The third-order valence-corrected chi connectivity index (χ3v) is 4.19. The maximum absolute atomic E-state index is 13.3. The van der Waals surface area contributed by atoms with E-state index in [2.05, 4.69) is 10.3 Å². The summed E-state index contributed by atoms with van der Waals surface area (Å²) in [7, 11) is 1.55. The van der Waals surface area contributed by atoms with Crippen molar-refractivity contribution >= 4 is 16.8 Å². The number of aliphatic hydroxyl groups excluding tert-OH is 1. The Kier molecular flexibility index (Phi) is 4.90. The first-order valence-electron chi connectivity index (χ1n) is 7.99. The number of hydrogen-bond acceptors (Lipinski definition) is 3. The van der Waals surface area contributed by atoms with E-state index >= 15 is 0 Å². The zero-order chi connectivity index (χ0) is 18.8. The van der Waals surface area contributed by atoms with Crippen molar-refractivity contribution in [2.75, 3.05) is 7.11 Å². The molecule has 0 fully saturated rings. The number of carbonyl (C=O) groups is 1. The minimum atomic E-state index is -1.18. The third kappa shape index (κ3) is 3.52. The molecule has 1 heterocycles. The SMILES string of the molecule is COc1ccc2cc(C(=O)NC(C)C(O)c3ccc(F)c(F)c3)[nH]c2c1.